The van der Waals surface area contributed by atoms with E-state index in [0.29, 0.717) is 35.4 Å². The van der Waals surface area contributed by atoms with Gasteiger partial charge in [-0.05, 0) is 130 Å². The van der Waals surface area contributed by atoms with Crippen LogP contribution in [-0.2, 0) is 5.41 Å². The molecule has 0 N–H and O–H groups in total. The van der Waals surface area contributed by atoms with Crippen molar-refractivity contribution in [1.82, 2.24) is 20.4 Å². The summed E-state index contributed by atoms with van der Waals surface area (Å²) < 4.78 is 12.3. The van der Waals surface area contributed by atoms with Crippen molar-refractivity contribution in [1.29, 1.82) is 0 Å². The molecule has 0 aliphatic heterocycles. The van der Waals surface area contributed by atoms with Gasteiger partial charge in [0.2, 0.25) is 23.6 Å². The van der Waals surface area contributed by atoms with Crippen LogP contribution in [0.3, 0.4) is 0 Å². The lowest BCUT2D eigenvalue weighted by Crippen LogP contribution is -2.31. The fraction of sp³-hybridized carbons (Fsp3) is 0.298. The summed E-state index contributed by atoms with van der Waals surface area (Å²) in [7, 11) is 0. The standard InChI is InChI=1S/C57H58N4O2/c1-5-9-17-39(7-3)37-57(38-40(8-4)18-10-6-2)51-35-47(41-23-27-45(28-24-41)55-60-58-53(62-55)43-19-13-11-14-20-43)31-33-49(51)50-34-32-48(36-52(50)57)42-25-29-46(30-26-42)56-61-59-54(63-56)44-21-15-12-16-22-44/h11-16,19-36,39-40H,5-10,17-18,37-38H2,1-4H3. The average Bonchev–Trinajstić information content (AvgIpc) is 4.11. The maximum Gasteiger partial charge on any atom is 0.248 e. The quantitative estimate of drug-likeness (QED) is 0.0857. The van der Waals surface area contributed by atoms with Crippen molar-refractivity contribution in [3.8, 4) is 79.2 Å². The van der Waals surface area contributed by atoms with Gasteiger partial charge in [0.05, 0.1) is 0 Å². The van der Waals surface area contributed by atoms with Gasteiger partial charge in [-0.1, -0.05) is 164 Å². The molecule has 318 valence electrons. The predicted molar refractivity (Wildman–Crippen MR) is 257 cm³/mol. The van der Waals surface area contributed by atoms with Crippen LogP contribution in [0.1, 0.15) is 103 Å². The van der Waals surface area contributed by atoms with E-state index >= 15 is 0 Å². The summed E-state index contributed by atoms with van der Waals surface area (Å²) >= 11 is 0. The van der Waals surface area contributed by atoms with Crippen LogP contribution >= 0.6 is 0 Å². The zero-order valence-electron chi connectivity index (χ0n) is 37.2. The first-order chi connectivity index (χ1) is 31.0. The Morgan fingerprint density at radius 1 is 0.397 bits per heavy atom. The molecule has 0 amide bonds. The highest BCUT2D eigenvalue weighted by atomic mass is 16.4. The molecule has 0 saturated carbocycles. The normalized spacial score (nSPS) is 13.7. The molecule has 6 aromatic carbocycles. The maximum atomic E-state index is 6.13. The number of rotatable bonds is 18. The van der Waals surface area contributed by atoms with E-state index in [1.165, 1.54) is 95.9 Å². The average molecular weight is 831 g/mol. The monoisotopic (exact) mass is 830 g/mol. The van der Waals surface area contributed by atoms with E-state index in [2.05, 4.69) is 133 Å². The third kappa shape index (κ3) is 8.69. The zero-order chi connectivity index (χ0) is 43.2. The van der Waals surface area contributed by atoms with Crippen molar-refractivity contribution in [2.24, 2.45) is 11.8 Å². The van der Waals surface area contributed by atoms with Crippen LogP contribution in [0.5, 0.6) is 0 Å². The Kier molecular flexibility index (Phi) is 12.6. The molecule has 2 aromatic heterocycles. The summed E-state index contributed by atoms with van der Waals surface area (Å²) in [6.07, 6.45) is 12.2. The first-order valence-electron chi connectivity index (χ1n) is 23.3. The number of aromatic nitrogens is 4. The lowest BCUT2D eigenvalue weighted by molar-refractivity contribution is 0.266. The molecule has 2 heterocycles. The summed E-state index contributed by atoms with van der Waals surface area (Å²) in [5.41, 5.74) is 14.1. The summed E-state index contributed by atoms with van der Waals surface area (Å²) in [6.45, 7) is 9.48. The van der Waals surface area contributed by atoms with Gasteiger partial charge < -0.3 is 8.83 Å². The second-order valence-electron chi connectivity index (χ2n) is 17.6. The Morgan fingerprint density at radius 2 is 0.730 bits per heavy atom. The summed E-state index contributed by atoms with van der Waals surface area (Å²) in [4.78, 5) is 0. The summed E-state index contributed by atoms with van der Waals surface area (Å²) in [5, 5.41) is 17.5. The molecule has 2 atom stereocenters. The van der Waals surface area contributed by atoms with Gasteiger partial charge in [0, 0.05) is 27.7 Å². The second kappa shape index (κ2) is 18.9. The number of nitrogens with zero attached hydrogens (tertiary/aromatic N) is 4. The van der Waals surface area contributed by atoms with Gasteiger partial charge in [-0.25, -0.2) is 0 Å². The largest absolute Gasteiger partial charge is 0.416 e. The van der Waals surface area contributed by atoms with E-state index in [4.69, 9.17) is 8.83 Å². The van der Waals surface area contributed by atoms with Crippen LogP contribution in [-0.4, -0.2) is 20.4 Å². The van der Waals surface area contributed by atoms with Crippen LogP contribution < -0.4 is 0 Å². The number of fused-ring (bicyclic) bond motifs is 3. The molecule has 0 radical (unpaired) electrons. The zero-order valence-corrected chi connectivity index (χ0v) is 37.2. The molecular formula is C57H58N4O2. The Hall–Kier alpha value is -6.40. The summed E-state index contributed by atoms with van der Waals surface area (Å²) in [6, 6.07) is 51.7. The predicted octanol–water partition coefficient (Wildman–Crippen LogP) is 15.9. The van der Waals surface area contributed by atoms with Crippen LogP contribution in [0.25, 0.3) is 79.2 Å². The summed E-state index contributed by atoms with van der Waals surface area (Å²) in [5.74, 6) is 3.36. The van der Waals surface area contributed by atoms with Gasteiger partial charge >= 0.3 is 0 Å². The molecule has 6 nitrogen and oxygen atoms in total. The van der Waals surface area contributed by atoms with Crippen molar-refractivity contribution < 1.29 is 8.83 Å². The van der Waals surface area contributed by atoms with Crippen molar-refractivity contribution in [3.63, 3.8) is 0 Å². The third-order valence-corrected chi connectivity index (χ3v) is 13.5. The molecule has 0 fully saturated rings. The maximum absolute atomic E-state index is 6.13. The number of hydrogen-bond acceptors (Lipinski definition) is 6. The van der Waals surface area contributed by atoms with Crippen LogP contribution in [0.4, 0.5) is 0 Å². The first-order valence-corrected chi connectivity index (χ1v) is 23.3. The number of hydrogen-bond donors (Lipinski definition) is 0. The van der Waals surface area contributed by atoms with Gasteiger partial charge in [0.15, 0.2) is 0 Å². The fourth-order valence-electron chi connectivity index (χ4n) is 9.93. The molecule has 6 heteroatoms. The van der Waals surface area contributed by atoms with Crippen LogP contribution in [0.2, 0.25) is 0 Å². The molecule has 8 aromatic rings. The highest BCUT2D eigenvalue weighted by molar-refractivity contribution is 5.86. The molecule has 0 bridgehead atoms. The molecular weight excluding hydrogens is 773 g/mol. The first kappa shape index (κ1) is 41.9. The SMILES string of the molecule is CCCCC(CC)CC1(CC(CC)CCCC)c2cc(-c3ccc(-c4nnc(-c5ccccc5)o4)cc3)ccc2-c2ccc(-c3ccc(-c4nnc(-c5ccccc5)o4)cc3)cc21. The molecule has 2 unspecified atom stereocenters. The second-order valence-corrected chi connectivity index (χ2v) is 17.6. The fourth-order valence-corrected chi connectivity index (χ4v) is 9.93. The smallest absolute Gasteiger partial charge is 0.248 e. The van der Waals surface area contributed by atoms with E-state index in [1.54, 1.807) is 0 Å². The van der Waals surface area contributed by atoms with Crippen molar-refractivity contribution in [2.75, 3.05) is 0 Å². The topological polar surface area (TPSA) is 77.8 Å². The van der Waals surface area contributed by atoms with Crippen LogP contribution in [0, 0.1) is 11.8 Å². The minimum Gasteiger partial charge on any atom is -0.416 e. The van der Waals surface area contributed by atoms with Gasteiger partial charge in [0.1, 0.15) is 0 Å². The molecule has 0 spiro atoms. The van der Waals surface area contributed by atoms with Crippen LogP contribution in [0.15, 0.2) is 154 Å². The van der Waals surface area contributed by atoms with E-state index < -0.39 is 0 Å². The Balaban J connectivity index is 1.10. The number of unbranched alkanes of at least 4 members (excludes halogenated alkanes) is 2. The lowest BCUT2D eigenvalue weighted by Gasteiger charge is -2.39. The van der Waals surface area contributed by atoms with E-state index in [-0.39, 0.29) is 5.41 Å². The van der Waals surface area contributed by atoms with Gasteiger partial charge in [-0.2, -0.15) is 0 Å². The van der Waals surface area contributed by atoms with Gasteiger partial charge in [-0.3, -0.25) is 0 Å². The molecule has 1 aliphatic carbocycles. The Labute approximate surface area is 372 Å². The van der Waals surface area contributed by atoms with E-state index in [0.717, 1.165) is 35.1 Å². The Bertz CT molecular complexity index is 2540. The van der Waals surface area contributed by atoms with E-state index in [9.17, 15) is 0 Å². The molecule has 63 heavy (non-hydrogen) atoms. The molecule has 9 rings (SSSR count). The minimum atomic E-state index is -0.116. The van der Waals surface area contributed by atoms with Crippen molar-refractivity contribution in [2.45, 2.75) is 97.3 Å². The van der Waals surface area contributed by atoms with E-state index in [1.807, 2.05) is 60.7 Å². The van der Waals surface area contributed by atoms with Gasteiger partial charge in [-0.15, -0.1) is 20.4 Å². The highest BCUT2D eigenvalue weighted by Crippen LogP contribution is 2.57. The Morgan fingerprint density at radius 3 is 1.08 bits per heavy atom. The molecule has 0 saturated heterocycles. The van der Waals surface area contributed by atoms with Crippen molar-refractivity contribution >= 4 is 0 Å². The molecule has 1 aliphatic rings. The highest BCUT2D eigenvalue weighted by Gasteiger charge is 2.45. The number of benzene rings is 6. The van der Waals surface area contributed by atoms with Gasteiger partial charge in [0.25, 0.3) is 0 Å². The lowest BCUT2D eigenvalue weighted by atomic mass is 9.64. The minimum absolute atomic E-state index is 0.116. The van der Waals surface area contributed by atoms with Crippen molar-refractivity contribution in [3.05, 3.63) is 157 Å². The third-order valence-electron chi connectivity index (χ3n) is 13.5.